The summed E-state index contributed by atoms with van der Waals surface area (Å²) >= 11 is 0. The third kappa shape index (κ3) is 2.11. The Hall–Kier alpha value is -1.70. The maximum Gasteiger partial charge on any atom is 0.435 e. The summed E-state index contributed by atoms with van der Waals surface area (Å²) in [7, 11) is 0. The molecule has 15 heteroatoms. The summed E-state index contributed by atoms with van der Waals surface area (Å²) in [4.78, 5) is 10.6. The number of carbonyl (C=O) groups is 1. The Morgan fingerprint density at radius 3 is 1.42 bits per heavy atom. The van der Waals surface area contributed by atoms with Crippen LogP contribution in [0.4, 0.5) is 57.1 Å². The number of hydrogen-bond acceptors (Lipinski definition) is 2. The van der Waals surface area contributed by atoms with Crippen LogP contribution < -0.4 is 0 Å². The van der Waals surface area contributed by atoms with Crippen molar-refractivity contribution in [2.75, 3.05) is 6.61 Å². The van der Waals surface area contributed by atoms with Gasteiger partial charge in [-0.3, -0.25) is 0 Å². The van der Waals surface area contributed by atoms with Crippen molar-refractivity contribution < 1.29 is 66.6 Å². The zero-order valence-electron chi connectivity index (χ0n) is 11.7. The van der Waals surface area contributed by atoms with E-state index >= 15 is 0 Å². The van der Waals surface area contributed by atoms with Gasteiger partial charge < -0.3 is 4.74 Å². The molecule has 152 valence electrons. The highest BCUT2D eigenvalue weighted by molar-refractivity contribution is 5.81. The first-order valence-electron chi connectivity index (χ1n) is 5.95. The van der Waals surface area contributed by atoms with E-state index in [1.54, 1.807) is 0 Å². The molecule has 0 aromatic rings. The molecular weight excluding hydrogens is 411 g/mol. The number of rotatable bonds is 3. The van der Waals surface area contributed by atoms with Gasteiger partial charge in [0, 0.05) is 6.08 Å². The predicted octanol–water partition coefficient (Wildman–Crippen LogP) is 4.25. The van der Waals surface area contributed by atoms with Crippen LogP contribution in [-0.4, -0.2) is 53.8 Å². The molecule has 0 saturated heterocycles. The highest BCUT2D eigenvalue weighted by Crippen LogP contribution is 2.72. The molecule has 26 heavy (non-hydrogen) atoms. The minimum absolute atomic E-state index is 0.0199. The second-order valence-corrected chi connectivity index (χ2v) is 5.07. The van der Waals surface area contributed by atoms with E-state index in [1.165, 1.54) is 0 Å². The average Bonchev–Trinajstić information content (AvgIpc) is 2.47. The van der Waals surface area contributed by atoms with Gasteiger partial charge in [0.2, 0.25) is 0 Å². The number of ether oxygens (including phenoxy) is 1. The average molecular weight is 416 g/mol. The third-order valence-corrected chi connectivity index (χ3v) is 3.62. The standard InChI is InChI=1S/C11H5F13O2/c1-2-4(25)26-3-5(12)7(14,15)9(18,19)6(13,11(22,23)24)10(20,21)8(5,16)17/h2H,1,3H2. The van der Waals surface area contributed by atoms with E-state index in [1.807, 2.05) is 0 Å². The molecule has 0 heterocycles. The highest BCUT2D eigenvalue weighted by Gasteiger charge is 3.04. The van der Waals surface area contributed by atoms with Crippen molar-refractivity contribution in [3.63, 3.8) is 0 Å². The largest absolute Gasteiger partial charge is 0.459 e. The van der Waals surface area contributed by atoms with E-state index in [9.17, 15) is 61.9 Å². The Morgan fingerprint density at radius 1 is 0.808 bits per heavy atom. The van der Waals surface area contributed by atoms with Gasteiger partial charge in [-0.25, -0.2) is 13.6 Å². The van der Waals surface area contributed by atoms with Crippen molar-refractivity contribution in [1.29, 1.82) is 0 Å². The molecule has 0 aliphatic heterocycles. The first-order chi connectivity index (χ1) is 11.2. The van der Waals surface area contributed by atoms with Crippen LogP contribution in [0.3, 0.4) is 0 Å². The zero-order chi connectivity index (χ0) is 21.2. The van der Waals surface area contributed by atoms with Crippen LogP contribution in [0, 0.1) is 0 Å². The second kappa shape index (κ2) is 5.41. The molecule has 0 unspecified atom stereocenters. The fourth-order valence-electron chi connectivity index (χ4n) is 2.09. The lowest BCUT2D eigenvalue weighted by molar-refractivity contribution is -0.499. The summed E-state index contributed by atoms with van der Waals surface area (Å²) in [5, 5.41) is 0. The van der Waals surface area contributed by atoms with Gasteiger partial charge in [0.25, 0.3) is 5.67 Å². The van der Waals surface area contributed by atoms with E-state index < -0.39 is 53.8 Å². The number of hydrogen-bond donors (Lipinski definition) is 0. The summed E-state index contributed by atoms with van der Waals surface area (Å²) in [6.45, 7) is -0.698. The molecule has 1 fully saturated rings. The Kier molecular flexibility index (Phi) is 4.64. The lowest BCUT2D eigenvalue weighted by atomic mass is 9.66. The molecule has 0 atom stereocenters. The van der Waals surface area contributed by atoms with Crippen molar-refractivity contribution in [2.24, 2.45) is 0 Å². The van der Waals surface area contributed by atoms with E-state index in [0.717, 1.165) is 0 Å². The lowest BCUT2D eigenvalue weighted by Crippen LogP contribution is -2.88. The van der Waals surface area contributed by atoms with Gasteiger partial charge in [0.1, 0.15) is 6.61 Å². The van der Waals surface area contributed by atoms with Crippen LogP contribution >= 0.6 is 0 Å². The van der Waals surface area contributed by atoms with Gasteiger partial charge in [-0.15, -0.1) is 0 Å². The van der Waals surface area contributed by atoms with E-state index in [4.69, 9.17) is 0 Å². The van der Waals surface area contributed by atoms with Crippen LogP contribution in [-0.2, 0) is 9.53 Å². The van der Waals surface area contributed by atoms with Crippen molar-refractivity contribution in [3.8, 4) is 0 Å². The van der Waals surface area contributed by atoms with Crippen molar-refractivity contribution in [3.05, 3.63) is 12.7 Å². The molecule has 0 bridgehead atoms. The Labute approximate surface area is 134 Å². The molecule has 0 aromatic carbocycles. The summed E-state index contributed by atoms with van der Waals surface area (Å²) in [5.41, 5.74) is -14.5. The molecule has 1 saturated carbocycles. The normalized spacial score (nSPS) is 34.8. The number of alkyl halides is 13. The second-order valence-electron chi connectivity index (χ2n) is 5.07. The summed E-state index contributed by atoms with van der Waals surface area (Å²) in [5.74, 6) is -32.3. The first-order valence-corrected chi connectivity index (χ1v) is 5.95. The van der Waals surface area contributed by atoms with Gasteiger partial charge >= 0.3 is 41.5 Å². The highest BCUT2D eigenvalue weighted by atomic mass is 19.4. The van der Waals surface area contributed by atoms with Crippen LogP contribution in [0.15, 0.2) is 12.7 Å². The molecule has 2 nitrogen and oxygen atoms in total. The SMILES string of the molecule is C=CC(=O)OCC1(F)C(F)(F)C(F)(F)C(F)(C(F)(F)F)C(F)(F)C1(F)F. The minimum atomic E-state index is -7.85. The van der Waals surface area contributed by atoms with Crippen molar-refractivity contribution in [1.82, 2.24) is 0 Å². The molecule has 1 aliphatic rings. The molecule has 0 spiro atoms. The van der Waals surface area contributed by atoms with E-state index in [2.05, 4.69) is 11.3 Å². The fourth-order valence-corrected chi connectivity index (χ4v) is 2.09. The monoisotopic (exact) mass is 416 g/mol. The van der Waals surface area contributed by atoms with Crippen LogP contribution in [0.1, 0.15) is 0 Å². The van der Waals surface area contributed by atoms with Gasteiger partial charge in [-0.2, -0.15) is 48.3 Å². The molecule has 0 amide bonds. The topological polar surface area (TPSA) is 26.3 Å². The van der Waals surface area contributed by atoms with Crippen LogP contribution in [0.25, 0.3) is 0 Å². The Bertz CT molecular complexity index is 578. The summed E-state index contributed by atoms with van der Waals surface area (Å²) in [6, 6.07) is 0. The molecular formula is C11H5F13O2. The number of carbonyl (C=O) groups excluding carboxylic acids is 1. The Balaban J connectivity index is 3.82. The minimum Gasteiger partial charge on any atom is -0.459 e. The molecule has 0 aromatic heterocycles. The number of esters is 1. The number of halogens is 13. The van der Waals surface area contributed by atoms with Crippen molar-refractivity contribution >= 4 is 5.97 Å². The zero-order valence-corrected chi connectivity index (χ0v) is 11.7. The molecule has 0 N–H and O–H groups in total. The quantitative estimate of drug-likeness (QED) is 0.391. The van der Waals surface area contributed by atoms with E-state index in [0.29, 0.717) is 0 Å². The van der Waals surface area contributed by atoms with Gasteiger partial charge in [-0.05, 0) is 0 Å². The predicted molar refractivity (Wildman–Crippen MR) is 54.7 cm³/mol. The Morgan fingerprint density at radius 2 is 1.15 bits per heavy atom. The smallest absolute Gasteiger partial charge is 0.435 e. The first kappa shape index (κ1) is 22.3. The fraction of sp³-hybridized carbons (Fsp3) is 0.727. The molecule has 1 rings (SSSR count). The van der Waals surface area contributed by atoms with Gasteiger partial charge in [-0.1, -0.05) is 6.58 Å². The summed E-state index contributed by atoms with van der Waals surface area (Å²) in [6.07, 6.45) is -7.69. The van der Waals surface area contributed by atoms with Gasteiger partial charge in [0.15, 0.2) is 0 Å². The summed E-state index contributed by atoms with van der Waals surface area (Å²) < 4.78 is 176. The molecule has 0 radical (unpaired) electrons. The van der Waals surface area contributed by atoms with E-state index in [-0.39, 0.29) is 6.08 Å². The van der Waals surface area contributed by atoms with Crippen LogP contribution in [0.2, 0.25) is 0 Å². The van der Waals surface area contributed by atoms with Gasteiger partial charge in [0.05, 0.1) is 0 Å². The van der Waals surface area contributed by atoms with Crippen molar-refractivity contribution in [2.45, 2.75) is 41.2 Å². The molecule has 1 aliphatic carbocycles. The van der Waals surface area contributed by atoms with Crippen LogP contribution in [0.5, 0.6) is 0 Å². The lowest BCUT2D eigenvalue weighted by Gasteiger charge is -2.54. The third-order valence-electron chi connectivity index (χ3n) is 3.62. The maximum atomic E-state index is 14.0. The maximum absolute atomic E-state index is 14.0.